The Balaban J connectivity index is 0.000000556. The first-order valence-electron chi connectivity index (χ1n) is 12.0. The van der Waals surface area contributed by atoms with E-state index in [0.29, 0.717) is 18.6 Å². The van der Waals surface area contributed by atoms with Gasteiger partial charge in [0.1, 0.15) is 11.4 Å². The maximum absolute atomic E-state index is 10.5. The van der Waals surface area contributed by atoms with Crippen molar-refractivity contribution in [3.05, 3.63) is 90.5 Å². The third kappa shape index (κ3) is 21.4. The first kappa shape index (κ1) is 32.8. The molecule has 0 aliphatic heterocycles. The molecule has 198 valence electrons. The molecule has 5 heteroatoms. The molecule has 2 aromatic carbocycles. The topological polar surface area (TPSA) is 87.0 Å². The minimum Gasteiger partial charge on any atom is -0.508 e. The molecule has 0 atom stereocenters. The number of carbonyl (C=O) groups is 1. The number of phenolic OH excluding ortho intramolecular Hbond substituents is 1. The van der Waals surface area contributed by atoms with Crippen molar-refractivity contribution in [2.45, 2.75) is 78.1 Å². The van der Waals surface area contributed by atoms with Crippen LogP contribution in [0.4, 0.5) is 0 Å². The lowest BCUT2D eigenvalue weighted by atomic mass is 9.94. The number of hydrogen-bond donors (Lipinski definition) is 3. The molecule has 0 fully saturated rings. The molecular formula is C31H44O5. The highest BCUT2D eigenvalue weighted by atomic mass is 16.6. The molecule has 0 aliphatic rings. The fourth-order valence-corrected chi connectivity index (χ4v) is 2.44. The van der Waals surface area contributed by atoms with Crippen molar-refractivity contribution in [1.29, 1.82) is 0 Å². The van der Waals surface area contributed by atoms with Gasteiger partial charge >= 0.3 is 5.97 Å². The lowest BCUT2D eigenvalue weighted by Crippen LogP contribution is -2.26. The van der Waals surface area contributed by atoms with Gasteiger partial charge in [0.05, 0.1) is 11.2 Å². The molecule has 0 unspecified atom stereocenters. The second-order valence-corrected chi connectivity index (χ2v) is 10.6. The first-order chi connectivity index (χ1) is 16.5. The summed E-state index contributed by atoms with van der Waals surface area (Å²) in [6.07, 6.45) is 10.5. The summed E-state index contributed by atoms with van der Waals surface area (Å²) in [5, 5.41) is 27.7. The summed E-state index contributed by atoms with van der Waals surface area (Å²) in [5.74, 6) is -0.0792. The fourth-order valence-electron chi connectivity index (χ4n) is 2.44. The molecule has 0 heterocycles. The van der Waals surface area contributed by atoms with Gasteiger partial charge in [0.25, 0.3) is 0 Å². The number of aliphatic hydroxyl groups is 2. The van der Waals surface area contributed by atoms with E-state index >= 15 is 0 Å². The number of aromatic hydroxyl groups is 1. The minimum atomic E-state index is -0.653. The lowest BCUT2D eigenvalue weighted by Gasteiger charge is -2.23. The monoisotopic (exact) mass is 496 g/mol. The average Bonchev–Trinajstić information content (AvgIpc) is 2.76. The van der Waals surface area contributed by atoms with E-state index in [4.69, 9.17) is 9.84 Å². The first-order valence-corrected chi connectivity index (χ1v) is 12.0. The molecule has 2 rings (SSSR count). The second-order valence-electron chi connectivity index (χ2n) is 10.6. The normalized spacial score (nSPS) is 11.8. The molecule has 36 heavy (non-hydrogen) atoms. The van der Waals surface area contributed by atoms with Crippen LogP contribution in [0.15, 0.2) is 79.4 Å². The zero-order chi connectivity index (χ0) is 27.8. The van der Waals surface area contributed by atoms with Gasteiger partial charge < -0.3 is 20.1 Å². The molecule has 5 nitrogen and oxygen atoms in total. The van der Waals surface area contributed by atoms with E-state index in [0.717, 1.165) is 11.6 Å². The van der Waals surface area contributed by atoms with Crippen molar-refractivity contribution < 1.29 is 24.9 Å². The standard InChI is InChI=1S/C16H14O.C8H18O2.C7H12O2/c17-16-12-10-15(11-13-16)9-5-4-8-14-6-2-1-3-7-14;1-7(2,9)5-6-8(3,4)10;1-5-6(8)9-7(2,3)4/h1-13,17H;9-10H,5-6H2,1-4H3;5H,1H2,2-4H3. The average molecular weight is 497 g/mol. The van der Waals surface area contributed by atoms with E-state index in [-0.39, 0.29) is 5.97 Å². The zero-order valence-corrected chi connectivity index (χ0v) is 22.9. The van der Waals surface area contributed by atoms with Crippen molar-refractivity contribution in [2.24, 2.45) is 0 Å². The molecule has 0 amide bonds. The zero-order valence-electron chi connectivity index (χ0n) is 22.9. The summed E-state index contributed by atoms with van der Waals surface area (Å²) in [6.45, 7) is 15.7. The molecule has 0 aliphatic carbocycles. The van der Waals surface area contributed by atoms with Crippen LogP contribution in [0, 0.1) is 0 Å². The summed E-state index contributed by atoms with van der Waals surface area (Å²) >= 11 is 0. The van der Waals surface area contributed by atoms with Gasteiger partial charge in [-0.1, -0.05) is 73.3 Å². The van der Waals surface area contributed by atoms with Crippen LogP contribution in [0.5, 0.6) is 5.75 Å². The molecule has 0 bridgehead atoms. The number of benzene rings is 2. The Hall–Kier alpha value is -3.15. The third-order valence-electron chi connectivity index (χ3n) is 4.30. The Bertz CT molecular complexity index is 922. The highest BCUT2D eigenvalue weighted by Gasteiger charge is 2.19. The van der Waals surface area contributed by atoms with Crippen molar-refractivity contribution in [2.75, 3.05) is 0 Å². The predicted octanol–water partition coefficient (Wildman–Crippen LogP) is 6.94. The van der Waals surface area contributed by atoms with Crippen LogP contribution >= 0.6 is 0 Å². The Labute approximate surface area is 217 Å². The van der Waals surface area contributed by atoms with Gasteiger partial charge in [-0.05, 0) is 84.6 Å². The molecule has 0 radical (unpaired) electrons. The molecule has 3 N–H and O–H groups in total. The fraction of sp³-hybridized carbons (Fsp3) is 0.387. The lowest BCUT2D eigenvalue weighted by molar-refractivity contribution is -0.148. The van der Waals surface area contributed by atoms with Crippen LogP contribution < -0.4 is 0 Å². The molecule has 0 saturated carbocycles. The van der Waals surface area contributed by atoms with E-state index < -0.39 is 16.8 Å². The minimum absolute atomic E-state index is 0.293. The van der Waals surface area contributed by atoms with E-state index in [9.17, 15) is 15.0 Å². The van der Waals surface area contributed by atoms with E-state index in [1.807, 2.05) is 69.3 Å². The largest absolute Gasteiger partial charge is 0.508 e. The van der Waals surface area contributed by atoms with Crippen molar-refractivity contribution in [1.82, 2.24) is 0 Å². The smallest absolute Gasteiger partial charge is 0.330 e. The van der Waals surface area contributed by atoms with Crippen LogP contribution in [0.25, 0.3) is 12.2 Å². The van der Waals surface area contributed by atoms with Crippen molar-refractivity contribution in [3.8, 4) is 5.75 Å². The Morgan fingerprint density at radius 1 is 0.778 bits per heavy atom. The molecule has 2 aromatic rings. The second kappa shape index (κ2) is 15.8. The maximum atomic E-state index is 10.5. The highest BCUT2D eigenvalue weighted by Crippen LogP contribution is 2.18. The van der Waals surface area contributed by atoms with Crippen LogP contribution in [0.1, 0.15) is 72.4 Å². The third-order valence-corrected chi connectivity index (χ3v) is 4.30. The van der Waals surface area contributed by atoms with Gasteiger partial charge in [-0.3, -0.25) is 0 Å². The van der Waals surface area contributed by atoms with E-state index in [2.05, 4.69) is 24.8 Å². The summed E-state index contributed by atoms with van der Waals surface area (Å²) in [5.41, 5.74) is 0.550. The number of carbonyl (C=O) groups excluding carboxylic acids is 1. The van der Waals surface area contributed by atoms with Crippen LogP contribution in [0.3, 0.4) is 0 Å². The SMILES string of the molecule is C=CC(=O)OC(C)(C)C.CC(C)(O)CCC(C)(C)O.Oc1ccc(C=CC=Cc2ccccc2)cc1. The summed E-state index contributed by atoms with van der Waals surface area (Å²) < 4.78 is 4.83. The summed E-state index contributed by atoms with van der Waals surface area (Å²) in [6, 6.07) is 17.3. The molecule has 0 spiro atoms. The van der Waals surface area contributed by atoms with Crippen molar-refractivity contribution in [3.63, 3.8) is 0 Å². The van der Waals surface area contributed by atoms with Gasteiger partial charge in [-0.25, -0.2) is 4.79 Å². The van der Waals surface area contributed by atoms with Gasteiger partial charge in [-0.15, -0.1) is 0 Å². The van der Waals surface area contributed by atoms with Gasteiger partial charge in [0.2, 0.25) is 0 Å². The van der Waals surface area contributed by atoms with E-state index in [1.165, 1.54) is 5.56 Å². The van der Waals surface area contributed by atoms with Crippen LogP contribution in [-0.4, -0.2) is 38.1 Å². The Morgan fingerprint density at radius 3 is 1.53 bits per heavy atom. The number of allylic oxidation sites excluding steroid dienone is 2. The van der Waals surface area contributed by atoms with Crippen molar-refractivity contribution >= 4 is 18.1 Å². The quantitative estimate of drug-likeness (QED) is 0.219. The number of hydrogen-bond acceptors (Lipinski definition) is 5. The van der Waals surface area contributed by atoms with Crippen LogP contribution in [-0.2, 0) is 9.53 Å². The van der Waals surface area contributed by atoms with Gasteiger partial charge in [-0.2, -0.15) is 0 Å². The predicted molar refractivity (Wildman–Crippen MR) is 150 cm³/mol. The molecule has 0 saturated heterocycles. The Morgan fingerprint density at radius 2 is 1.19 bits per heavy atom. The highest BCUT2D eigenvalue weighted by molar-refractivity contribution is 5.81. The molecule has 0 aromatic heterocycles. The number of rotatable bonds is 7. The number of ether oxygens (including phenoxy) is 1. The number of phenols is 1. The summed E-state index contributed by atoms with van der Waals surface area (Å²) in [7, 11) is 0. The Kier molecular flexibility index (Phi) is 14.4. The maximum Gasteiger partial charge on any atom is 0.330 e. The van der Waals surface area contributed by atoms with Gasteiger partial charge in [0.15, 0.2) is 0 Å². The van der Waals surface area contributed by atoms with E-state index in [1.54, 1.807) is 39.8 Å². The molecular weight excluding hydrogens is 452 g/mol. The number of esters is 1. The van der Waals surface area contributed by atoms with Crippen LogP contribution in [0.2, 0.25) is 0 Å². The summed E-state index contributed by atoms with van der Waals surface area (Å²) in [4.78, 5) is 10.5. The van der Waals surface area contributed by atoms with Gasteiger partial charge in [0, 0.05) is 6.08 Å².